The van der Waals surface area contributed by atoms with E-state index in [2.05, 4.69) is 43.1 Å². The van der Waals surface area contributed by atoms with Crippen LogP contribution in [0.1, 0.15) is 109 Å². The Kier molecular flexibility index (Phi) is 22.4. The van der Waals surface area contributed by atoms with Gasteiger partial charge >= 0.3 is 5.97 Å². The van der Waals surface area contributed by atoms with Crippen LogP contribution in [-0.2, 0) is 27.1 Å². The Bertz CT molecular complexity index is 1600. The first-order valence-corrected chi connectivity index (χ1v) is 19.1. The molecule has 0 aliphatic rings. The molecule has 0 aliphatic carbocycles. The van der Waals surface area contributed by atoms with Crippen LogP contribution < -0.4 is 9.47 Å². The highest BCUT2D eigenvalue weighted by molar-refractivity contribution is 5.91. The highest BCUT2D eigenvalue weighted by atomic mass is 16.6. The zero-order chi connectivity index (χ0) is 38.7. The minimum absolute atomic E-state index is 0.0293. The number of phenols is 1. The lowest BCUT2D eigenvalue weighted by Gasteiger charge is -2.16. The van der Waals surface area contributed by atoms with Gasteiger partial charge in [-0.3, -0.25) is 0 Å². The van der Waals surface area contributed by atoms with Gasteiger partial charge in [0.25, 0.3) is 0 Å². The van der Waals surface area contributed by atoms with E-state index in [0.717, 1.165) is 55.2 Å². The Hall–Kier alpha value is -4.92. The van der Waals surface area contributed by atoms with Crippen molar-refractivity contribution in [3.8, 4) is 28.5 Å². The molecule has 4 aromatic rings. The van der Waals surface area contributed by atoms with E-state index in [1.54, 1.807) is 25.4 Å². The molecule has 0 fully saturated rings. The van der Waals surface area contributed by atoms with Crippen molar-refractivity contribution in [3.05, 3.63) is 101 Å². The molecular formula is C44H61N3O6. The Morgan fingerprint density at radius 3 is 2.09 bits per heavy atom. The molecule has 3 aromatic carbocycles. The van der Waals surface area contributed by atoms with Gasteiger partial charge in [0.1, 0.15) is 11.8 Å². The normalized spacial score (nSPS) is 11.3. The first-order valence-electron chi connectivity index (χ1n) is 19.1. The van der Waals surface area contributed by atoms with Crippen LogP contribution in [0.5, 0.6) is 17.2 Å². The average molecular weight is 728 g/mol. The monoisotopic (exact) mass is 727 g/mol. The quantitative estimate of drug-likeness (QED) is 0.0436. The van der Waals surface area contributed by atoms with Crippen molar-refractivity contribution < 1.29 is 28.8 Å². The lowest BCUT2D eigenvalue weighted by Crippen LogP contribution is -2.19. The summed E-state index contributed by atoms with van der Waals surface area (Å²) in [6.45, 7) is 11.4. The molecule has 1 aromatic heterocycles. The molecule has 9 heteroatoms. The summed E-state index contributed by atoms with van der Waals surface area (Å²) in [4.78, 5) is 12.2. The molecule has 1 unspecified atom stereocenters. The summed E-state index contributed by atoms with van der Waals surface area (Å²) < 4.78 is 21.6. The van der Waals surface area contributed by atoms with Gasteiger partial charge in [0.15, 0.2) is 17.2 Å². The second kappa shape index (κ2) is 26.8. The summed E-state index contributed by atoms with van der Waals surface area (Å²) in [5, 5.41) is 21.1. The Morgan fingerprint density at radius 1 is 0.811 bits per heavy atom. The Labute approximate surface area is 317 Å². The fourth-order valence-electron chi connectivity index (χ4n) is 5.52. The highest BCUT2D eigenvalue weighted by Gasteiger charge is 2.17. The van der Waals surface area contributed by atoms with E-state index in [-0.39, 0.29) is 23.6 Å². The van der Waals surface area contributed by atoms with Gasteiger partial charge in [0.05, 0.1) is 27.0 Å². The second-order valence-corrected chi connectivity index (χ2v) is 12.4. The van der Waals surface area contributed by atoms with Crippen LogP contribution >= 0.6 is 0 Å². The Morgan fingerprint density at radius 2 is 1.49 bits per heavy atom. The van der Waals surface area contributed by atoms with Crippen LogP contribution in [0.25, 0.3) is 17.3 Å². The summed E-state index contributed by atoms with van der Waals surface area (Å²) in [5.41, 5.74) is 5.04. The number of carbonyl (C=O) groups is 1. The lowest BCUT2D eigenvalue weighted by molar-refractivity contribution is -0.148. The van der Waals surface area contributed by atoms with E-state index < -0.39 is 0 Å². The largest absolute Gasteiger partial charge is 0.504 e. The van der Waals surface area contributed by atoms with Crippen molar-refractivity contribution >= 4 is 12.0 Å². The van der Waals surface area contributed by atoms with E-state index in [0.29, 0.717) is 23.8 Å². The molecule has 0 saturated heterocycles. The number of hydrogen-bond acceptors (Lipinski definition) is 9. The molecule has 9 nitrogen and oxygen atoms in total. The summed E-state index contributed by atoms with van der Waals surface area (Å²) in [6.07, 6.45) is 15.0. The van der Waals surface area contributed by atoms with Crippen molar-refractivity contribution in [3.63, 3.8) is 0 Å². The number of benzene rings is 3. The molecule has 4 rings (SSSR count). The predicted molar refractivity (Wildman–Crippen MR) is 214 cm³/mol. The van der Waals surface area contributed by atoms with Crippen molar-refractivity contribution in [1.82, 2.24) is 15.4 Å². The number of carbonyl (C=O) groups excluding carboxylic acids is 1. The number of esters is 1. The van der Waals surface area contributed by atoms with Crippen molar-refractivity contribution in [1.29, 1.82) is 0 Å². The molecule has 0 bridgehead atoms. The summed E-state index contributed by atoms with van der Waals surface area (Å²) in [6, 6.07) is 23.1. The molecule has 288 valence electrons. The van der Waals surface area contributed by atoms with E-state index >= 15 is 0 Å². The molecule has 53 heavy (non-hydrogen) atoms. The van der Waals surface area contributed by atoms with Gasteiger partial charge in [-0.1, -0.05) is 133 Å². The molecule has 1 atom stereocenters. The molecule has 0 aliphatic heterocycles. The maximum atomic E-state index is 12.2. The molecule has 1 N–H and O–H groups in total. The number of ether oxygens (including phenoxy) is 4. The van der Waals surface area contributed by atoms with Crippen molar-refractivity contribution in [2.45, 2.75) is 111 Å². The predicted octanol–water partition coefficient (Wildman–Crippen LogP) is 10.6. The number of nitrogens with zero attached hydrogens (tertiary/aromatic N) is 3. The highest BCUT2D eigenvalue weighted by Crippen LogP contribution is 2.34. The molecule has 0 saturated carbocycles. The second-order valence-electron chi connectivity index (χ2n) is 12.4. The van der Waals surface area contributed by atoms with Crippen LogP contribution in [0.3, 0.4) is 0 Å². The minimum atomic E-state index is -0.385. The number of unbranched alkanes of at least 4 members (excludes halogenated alkanes) is 5. The minimum Gasteiger partial charge on any atom is -0.504 e. The van der Waals surface area contributed by atoms with Gasteiger partial charge in [0.2, 0.25) is 5.76 Å². The maximum Gasteiger partial charge on any atom is 0.373 e. The van der Waals surface area contributed by atoms with Crippen molar-refractivity contribution in [2.24, 2.45) is 0 Å². The van der Waals surface area contributed by atoms with E-state index in [1.807, 2.05) is 73.7 Å². The summed E-state index contributed by atoms with van der Waals surface area (Å²) in [7, 11) is 3.08. The fraction of sp³-hybridized carbons (Fsp3) is 0.455. The van der Waals surface area contributed by atoms with Crippen LogP contribution in [0.2, 0.25) is 0 Å². The van der Waals surface area contributed by atoms with Crippen LogP contribution in [0.4, 0.5) is 0 Å². The number of aryl methyl sites for hydroxylation is 1. The third-order valence-corrected chi connectivity index (χ3v) is 8.56. The summed E-state index contributed by atoms with van der Waals surface area (Å²) >= 11 is 0. The number of methoxy groups -OCH3 is 2. The number of aromatic nitrogens is 3. The van der Waals surface area contributed by atoms with E-state index in [9.17, 15) is 9.90 Å². The summed E-state index contributed by atoms with van der Waals surface area (Å²) in [5.74, 6) is 1.47. The zero-order valence-corrected chi connectivity index (χ0v) is 33.0. The van der Waals surface area contributed by atoms with Gasteiger partial charge in [-0.25, -0.2) is 4.79 Å². The number of hydrogen-bond donors (Lipinski definition) is 1. The Balaban J connectivity index is 0.000000280. The fourth-order valence-corrected chi connectivity index (χ4v) is 5.52. The molecule has 0 radical (unpaired) electrons. The standard InChI is InChI=1S/C18H26O3.C16H26O2.C10H9N3O/c1-4-6-8-13-16(5-2)21-18(19)17(20-3)14-15-11-9-7-10-12-15;1-4-7-8-9-12-18-16-14(6-3)13(5-2)10-11-15(16)17;1-14-9-7-11-13-12-10(9)8-5-3-2-4-6-8/h7,9-12,14,16H,4-6,8,13H2,1-3H3;10-11,17H,4-9,12H2,1-3H3;2-7H,1H3. The third-order valence-electron chi connectivity index (χ3n) is 8.56. The molecule has 0 spiro atoms. The van der Waals surface area contributed by atoms with Gasteiger partial charge in [-0.2, -0.15) is 0 Å². The van der Waals surface area contributed by atoms with Gasteiger partial charge in [-0.05, 0) is 67.0 Å². The van der Waals surface area contributed by atoms with Crippen LogP contribution in [0, 0.1) is 0 Å². The number of phenolic OH excluding ortho intramolecular Hbond substituents is 1. The van der Waals surface area contributed by atoms with Gasteiger partial charge < -0.3 is 24.1 Å². The average Bonchev–Trinajstić information content (AvgIpc) is 3.21. The van der Waals surface area contributed by atoms with Gasteiger partial charge in [0, 0.05) is 11.1 Å². The number of aromatic hydroxyl groups is 1. The lowest BCUT2D eigenvalue weighted by atomic mass is 10.0. The van der Waals surface area contributed by atoms with Gasteiger partial charge in [-0.15, -0.1) is 10.2 Å². The molecule has 0 amide bonds. The van der Waals surface area contributed by atoms with E-state index in [4.69, 9.17) is 18.9 Å². The molecular weight excluding hydrogens is 666 g/mol. The number of rotatable bonds is 19. The van der Waals surface area contributed by atoms with E-state index in [1.165, 1.54) is 44.8 Å². The first-order chi connectivity index (χ1) is 25.9. The topological polar surface area (TPSA) is 113 Å². The maximum absolute atomic E-state index is 12.2. The molecule has 1 heterocycles. The zero-order valence-electron chi connectivity index (χ0n) is 33.0. The van der Waals surface area contributed by atoms with Crippen molar-refractivity contribution in [2.75, 3.05) is 20.8 Å². The smallest absolute Gasteiger partial charge is 0.373 e. The first kappa shape index (κ1) is 44.2. The van der Waals surface area contributed by atoms with Crippen LogP contribution in [-0.4, -0.2) is 53.4 Å². The SMILES string of the molecule is CCCCCC(CC)OC(=O)C(=Cc1ccccc1)OC.CCCCCCOc1c(O)ccc(CC)c1CC.COc1cnnnc1-c1ccccc1. The van der Waals surface area contributed by atoms with Crippen LogP contribution in [0.15, 0.2) is 84.8 Å². The third kappa shape index (κ3) is 16.1.